The molecule has 17 heavy (non-hydrogen) atoms. The lowest BCUT2D eigenvalue weighted by molar-refractivity contribution is 0.535. The minimum Gasteiger partial charge on any atom is -0.362 e. The van der Waals surface area contributed by atoms with Crippen molar-refractivity contribution in [3.63, 3.8) is 0 Å². The van der Waals surface area contributed by atoms with Gasteiger partial charge in [-0.3, -0.25) is 4.99 Å². The van der Waals surface area contributed by atoms with Gasteiger partial charge in [0.15, 0.2) is 5.17 Å². The van der Waals surface area contributed by atoms with Crippen LogP contribution in [0, 0.1) is 5.92 Å². The second kappa shape index (κ2) is 6.67. The van der Waals surface area contributed by atoms with E-state index in [2.05, 4.69) is 24.2 Å². The highest BCUT2D eigenvalue weighted by molar-refractivity contribution is 8.14. The van der Waals surface area contributed by atoms with Gasteiger partial charge in [0.25, 0.3) is 0 Å². The Morgan fingerprint density at radius 1 is 1.24 bits per heavy atom. The molecule has 0 saturated heterocycles. The Morgan fingerprint density at radius 2 is 1.94 bits per heavy atom. The van der Waals surface area contributed by atoms with Crippen molar-refractivity contribution in [2.75, 3.05) is 6.54 Å². The molecule has 2 nitrogen and oxygen atoms in total. The average molecular weight is 254 g/mol. The second-order valence-electron chi connectivity index (χ2n) is 5.85. The Hall–Kier alpha value is -0.180. The number of hydrogen-bond donors (Lipinski definition) is 1. The van der Waals surface area contributed by atoms with Gasteiger partial charge in [0.1, 0.15) is 0 Å². The minimum absolute atomic E-state index is 0.696. The lowest BCUT2D eigenvalue weighted by atomic mass is 10.1. The normalized spacial score (nSPS) is 27.0. The Bertz CT molecular complexity index is 255. The fourth-order valence-corrected chi connectivity index (χ4v) is 4.07. The molecule has 1 N–H and O–H groups in total. The molecule has 3 heteroatoms. The highest BCUT2D eigenvalue weighted by Crippen LogP contribution is 2.27. The van der Waals surface area contributed by atoms with E-state index in [0.29, 0.717) is 6.04 Å². The predicted molar refractivity (Wildman–Crippen MR) is 77.8 cm³/mol. The number of hydrogen-bond acceptors (Lipinski definition) is 3. The Labute approximate surface area is 110 Å². The summed E-state index contributed by atoms with van der Waals surface area (Å²) in [6.45, 7) is 5.63. The summed E-state index contributed by atoms with van der Waals surface area (Å²) in [6, 6.07) is 0.696. The summed E-state index contributed by atoms with van der Waals surface area (Å²) in [5.74, 6) is 0.792. The van der Waals surface area contributed by atoms with Crippen molar-refractivity contribution in [3.8, 4) is 0 Å². The first-order valence-corrected chi connectivity index (χ1v) is 8.09. The zero-order valence-electron chi connectivity index (χ0n) is 11.2. The van der Waals surface area contributed by atoms with Gasteiger partial charge in [-0.05, 0) is 25.2 Å². The summed E-state index contributed by atoms with van der Waals surface area (Å²) in [5, 5.41) is 5.62. The molecule has 1 aliphatic heterocycles. The van der Waals surface area contributed by atoms with Crippen LogP contribution in [0.15, 0.2) is 4.99 Å². The van der Waals surface area contributed by atoms with Crippen LogP contribution in [0.25, 0.3) is 0 Å². The average Bonchev–Trinajstić information content (AvgIpc) is 2.54. The van der Waals surface area contributed by atoms with Gasteiger partial charge in [-0.2, -0.15) is 0 Å². The molecule has 0 aromatic carbocycles. The standard InChI is InChI=1S/C14H26N2S/c1-11(2)9-13-10-15-14(17-13)16-12-7-5-3-4-6-8-12/h11-13H,3-10H2,1-2H3,(H,15,16). The monoisotopic (exact) mass is 254 g/mol. The molecular formula is C14H26N2S. The van der Waals surface area contributed by atoms with Crippen molar-refractivity contribution < 1.29 is 0 Å². The zero-order valence-corrected chi connectivity index (χ0v) is 12.1. The molecule has 1 saturated carbocycles. The molecule has 0 aromatic heterocycles. The van der Waals surface area contributed by atoms with E-state index < -0.39 is 0 Å². The van der Waals surface area contributed by atoms with Crippen molar-refractivity contribution >= 4 is 16.9 Å². The molecule has 2 rings (SSSR count). The van der Waals surface area contributed by atoms with E-state index >= 15 is 0 Å². The third kappa shape index (κ3) is 4.53. The summed E-state index contributed by atoms with van der Waals surface area (Å²) in [4.78, 5) is 4.66. The molecule has 1 atom stereocenters. The van der Waals surface area contributed by atoms with Crippen molar-refractivity contribution in [2.45, 2.75) is 70.1 Å². The van der Waals surface area contributed by atoms with E-state index in [1.54, 1.807) is 0 Å². The largest absolute Gasteiger partial charge is 0.362 e. The smallest absolute Gasteiger partial charge is 0.157 e. The van der Waals surface area contributed by atoms with Crippen LogP contribution in [0.1, 0.15) is 58.8 Å². The maximum Gasteiger partial charge on any atom is 0.157 e. The first-order chi connectivity index (χ1) is 8.24. The van der Waals surface area contributed by atoms with E-state index in [0.717, 1.165) is 17.7 Å². The molecular weight excluding hydrogens is 228 g/mol. The van der Waals surface area contributed by atoms with E-state index in [4.69, 9.17) is 0 Å². The topological polar surface area (TPSA) is 24.4 Å². The third-order valence-corrected chi connectivity index (χ3v) is 4.78. The van der Waals surface area contributed by atoms with Gasteiger partial charge in [-0.1, -0.05) is 51.3 Å². The van der Waals surface area contributed by atoms with Gasteiger partial charge < -0.3 is 5.32 Å². The third-order valence-electron chi connectivity index (χ3n) is 3.63. The number of aliphatic imine (C=N–C) groups is 1. The highest BCUT2D eigenvalue weighted by Gasteiger charge is 2.22. The maximum atomic E-state index is 4.66. The van der Waals surface area contributed by atoms with Crippen molar-refractivity contribution in [2.24, 2.45) is 10.9 Å². The Balaban J connectivity index is 1.72. The van der Waals surface area contributed by atoms with Gasteiger partial charge in [-0.15, -0.1) is 0 Å². The lowest BCUT2D eigenvalue weighted by Crippen LogP contribution is -2.32. The van der Waals surface area contributed by atoms with Crippen molar-refractivity contribution in [3.05, 3.63) is 0 Å². The fourth-order valence-electron chi connectivity index (χ4n) is 2.74. The fraction of sp³-hybridized carbons (Fsp3) is 0.929. The summed E-state index contributed by atoms with van der Waals surface area (Å²) in [6.07, 6.45) is 9.62. The first kappa shape index (κ1) is 13.3. The number of nitrogens with zero attached hydrogens (tertiary/aromatic N) is 1. The maximum absolute atomic E-state index is 4.66. The highest BCUT2D eigenvalue weighted by atomic mass is 32.2. The van der Waals surface area contributed by atoms with Crippen molar-refractivity contribution in [1.82, 2.24) is 5.32 Å². The predicted octanol–water partition coefficient (Wildman–Crippen LogP) is 3.82. The van der Waals surface area contributed by atoms with Gasteiger partial charge in [0.05, 0.1) is 6.54 Å². The van der Waals surface area contributed by atoms with Crippen LogP contribution < -0.4 is 5.32 Å². The molecule has 1 aliphatic carbocycles. The van der Waals surface area contributed by atoms with Crippen LogP contribution in [-0.4, -0.2) is 23.0 Å². The van der Waals surface area contributed by atoms with Crippen LogP contribution in [-0.2, 0) is 0 Å². The molecule has 0 aromatic rings. The first-order valence-electron chi connectivity index (χ1n) is 7.21. The number of rotatable bonds is 3. The minimum atomic E-state index is 0.696. The Morgan fingerprint density at radius 3 is 2.59 bits per heavy atom. The van der Waals surface area contributed by atoms with E-state index in [-0.39, 0.29) is 0 Å². The van der Waals surface area contributed by atoms with E-state index in [1.807, 2.05) is 11.8 Å². The van der Waals surface area contributed by atoms with Gasteiger partial charge in [0, 0.05) is 11.3 Å². The number of amidine groups is 1. The quantitative estimate of drug-likeness (QED) is 0.774. The second-order valence-corrected chi connectivity index (χ2v) is 7.14. The van der Waals surface area contributed by atoms with E-state index in [1.165, 1.54) is 50.1 Å². The summed E-state index contributed by atoms with van der Waals surface area (Å²) >= 11 is 1.98. The molecule has 1 unspecified atom stereocenters. The molecule has 0 amide bonds. The van der Waals surface area contributed by atoms with Crippen molar-refractivity contribution in [1.29, 1.82) is 0 Å². The molecule has 2 aliphatic rings. The SMILES string of the molecule is CC(C)CC1CN=C(NC2CCCCCC2)S1. The molecule has 98 valence electrons. The molecule has 0 spiro atoms. The zero-order chi connectivity index (χ0) is 12.1. The number of thioether (sulfide) groups is 1. The summed E-state index contributed by atoms with van der Waals surface area (Å²) in [7, 11) is 0. The summed E-state index contributed by atoms with van der Waals surface area (Å²) in [5.41, 5.74) is 0. The molecule has 1 heterocycles. The van der Waals surface area contributed by atoms with Crippen LogP contribution in [0.4, 0.5) is 0 Å². The van der Waals surface area contributed by atoms with E-state index in [9.17, 15) is 0 Å². The van der Waals surface area contributed by atoms with Gasteiger partial charge in [0.2, 0.25) is 0 Å². The molecule has 0 bridgehead atoms. The lowest BCUT2D eigenvalue weighted by Gasteiger charge is -2.17. The Kier molecular flexibility index (Phi) is 5.20. The van der Waals surface area contributed by atoms with Gasteiger partial charge in [-0.25, -0.2) is 0 Å². The molecule has 0 radical (unpaired) electrons. The van der Waals surface area contributed by atoms with Gasteiger partial charge >= 0.3 is 0 Å². The van der Waals surface area contributed by atoms with Crippen LogP contribution in [0.5, 0.6) is 0 Å². The number of nitrogens with one attached hydrogen (secondary N) is 1. The van der Waals surface area contributed by atoms with Crippen LogP contribution in [0.2, 0.25) is 0 Å². The van der Waals surface area contributed by atoms with Crippen LogP contribution >= 0.6 is 11.8 Å². The molecule has 1 fully saturated rings. The van der Waals surface area contributed by atoms with Crippen LogP contribution in [0.3, 0.4) is 0 Å². The summed E-state index contributed by atoms with van der Waals surface area (Å²) < 4.78 is 0.